The fraction of sp³-hybridized carbons (Fsp3) is 0.222. The first kappa shape index (κ1) is 17.2. The fourth-order valence-electron chi connectivity index (χ4n) is 2.25. The summed E-state index contributed by atoms with van der Waals surface area (Å²) >= 11 is 1.28. The normalized spacial score (nSPS) is 10.6. The molecule has 0 spiro atoms. The topological polar surface area (TPSA) is 83.6 Å². The maximum atomic E-state index is 12.0. The van der Waals surface area contributed by atoms with E-state index < -0.39 is 0 Å². The number of hydrogen-bond donors (Lipinski definition) is 2. The van der Waals surface area contributed by atoms with Gasteiger partial charge in [-0.05, 0) is 36.6 Å². The van der Waals surface area contributed by atoms with Crippen molar-refractivity contribution in [2.75, 3.05) is 11.1 Å². The van der Waals surface area contributed by atoms with Crippen molar-refractivity contribution in [3.63, 3.8) is 0 Å². The summed E-state index contributed by atoms with van der Waals surface area (Å²) < 4.78 is 0. The van der Waals surface area contributed by atoms with Gasteiger partial charge in [0.2, 0.25) is 11.1 Å². The van der Waals surface area contributed by atoms with Crippen LogP contribution < -0.4 is 5.32 Å². The van der Waals surface area contributed by atoms with Crippen LogP contribution in [0.25, 0.3) is 11.4 Å². The van der Waals surface area contributed by atoms with Gasteiger partial charge in [-0.25, -0.2) is 9.97 Å². The Morgan fingerprint density at radius 2 is 2.04 bits per heavy atom. The number of anilines is 1. The highest BCUT2D eigenvalue weighted by atomic mass is 32.2. The number of aromatic amines is 1. The van der Waals surface area contributed by atoms with Crippen LogP contribution in [0.5, 0.6) is 0 Å². The first-order valence-electron chi connectivity index (χ1n) is 8.01. The zero-order valence-electron chi connectivity index (χ0n) is 14.1. The molecule has 3 rings (SSSR count). The van der Waals surface area contributed by atoms with E-state index in [4.69, 9.17) is 0 Å². The van der Waals surface area contributed by atoms with E-state index in [9.17, 15) is 4.79 Å². The number of carbonyl (C=O) groups is 1. The highest BCUT2D eigenvalue weighted by Gasteiger charge is 2.10. The van der Waals surface area contributed by atoms with Gasteiger partial charge in [0.15, 0.2) is 5.82 Å². The predicted octanol–water partition coefficient (Wildman–Crippen LogP) is 3.47. The molecule has 0 saturated heterocycles. The molecule has 0 fully saturated rings. The first-order valence-corrected chi connectivity index (χ1v) is 8.99. The van der Waals surface area contributed by atoms with Crippen molar-refractivity contribution in [1.29, 1.82) is 0 Å². The zero-order chi connectivity index (χ0) is 17.6. The second-order valence-electron chi connectivity index (χ2n) is 5.57. The lowest BCUT2D eigenvalue weighted by Crippen LogP contribution is -2.15. The standard InChI is InChI=1S/C18H19N5OS/c1-3-13-4-6-14(7-5-13)17-21-18(23-22-17)25-11-16(24)20-15-10-12(2)8-9-19-15/h4-10H,3,11H2,1-2H3,(H,19,20,24)(H,21,22,23). The zero-order valence-corrected chi connectivity index (χ0v) is 14.9. The number of hydrogen-bond acceptors (Lipinski definition) is 5. The molecule has 0 aliphatic carbocycles. The average molecular weight is 353 g/mol. The summed E-state index contributed by atoms with van der Waals surface area (Å²) in [5.74, 6) is 1.34. The molecular formula is C18H19N5OS. The molecule has 2 heterocycles. The fourth-order valence-corrected chi connectivity index (χ4v) is 2.85. The van der Waals surface area contributed by atoms with Crippen molar-refractivity contribution < 1.29 is 4.79 Å². The largest absolute Gasteiger partial charge is 0.310 e. The molecule has 0 aliphatic heterocycles. The minimum Gasteiger partial charge on any atom is -0.310 e. The summed E-state index contributed by atoms with van der Waals surface area (Å²) in [6, 6.07) is 11.9. The predicted molar refractivity (Wildman–Crippen MR) is 99.5 cm³/mol. The lowest BCUT2D eigenvalue weighted by molar-refractivity contribution is -0.113. The van der Waals surface area contributed by atoms with E-state index in [0.29, 0.717) is 16.8 Å². The van der Waals surface area contributed by atoms with E-state index in [1.54, 1.807) is 6.20 Å². The number of nitrogens with one attached hydrogen (secondary N) is 2. The van der Waals surface area contributed by atoms with Crippen LogP contribution in [-0.4, -0.2) is 31.8 Å². The third-order valence-electron chi connectivity index (χ3n) is 3.62. The highest BCUT2D eigenvalue weighted by molar-refractivity contribution is 7.99. The van der Waals surface area contributed by atoms with E-state index in [-0.39, 0.29) is 11.7 Å². The number of aryl methyl sites for hydroxylation is 2. The van der Waals surface area contributed by atoms with Gasteiger partial charge in [0, 0.05) is 11.8 Å². The number of carbonyl (C=O) groups excluding carboxylic acids is 1. The van der Waals surface area contributed by atoms with Gasteiger partial charge < -0.3 is 5.32 Å². The number of H-pyrrole nitrogens is 1. The Bertz CT molecular complexity index is 860. The number of amides is 1. The minimum atomic E-state index is -0.137. The van der Waals surface area contributed by atoms with Gasteiger partial charge in [-0.2, -0.15) is 0 Å². The average Bonchev–Trinajstić information content (AvgIpc) is 3.09. The Morgan fingerprint density at radius 1 is 1.24 bits per heavy atom. The monoisotopic (exact) mass is 353 g/mol. The van der Waals surface area contributed by atoms with Crippen molar-refractivity contribution >= 4 is 23.5 Å². The Kier molecular flexibility index (Phi) is 5.45. The molecule has 3 aromatic rings. The van der Waals surface area contributed by atoms with Gasteiger partial charge in [-0.1, -0.05) is 43.0 Å². The Hall–Kier alpha value is -2.67. The van der Waals surface area contributed by atoms with Gasteiger partial charge in [0.1, 0.15) is 5.82 Å². The lowest BCUT2D eigenvalue weighted by atomic mass is 10.1. The Morgan fingerprint density at radius 3 is 2.76 bits per heavy atom. The second kappa shape index (κ2) is 7.94. The number of thioether (sulfide) groups is 1. The molecule has 2 N–H and O–H groups in total. The van der Waals surface area contributed by atoms with E-state index in [1.165, 1.54) is 17.3 Å². The lowest BCUT2D eigenvalue weighted by Gasteiger charge is -2.03. The minimum absolute atomic E-state index is 0.137. The third kappa shape index (κ3) is 4.67. The molecule has 0 unspecified atom stereocenters. The van der Waals surface area contributed by atoms with Gasteiger partial charge in [-0.15, -0.1) is 5.10 Å². The summed E-state index contributed by atoms with van der Waals surface area (Å²) in [4.78, 5) is 20.6. The molecule has 0 atom stereocenters. The van der Waals surface area contributed by atoms with E-state index in [2.05, 4.69) is 44.5 Å². The van der Waals surface area contributed by atoms with Gasteiger partial charge in [0.05, 0.1) is 5.75 Å². The van der Waals surface area contributed by atoms with Crippen molar-refractivity contribution in [3.05, 3.63) is 53.7 Å². The summed E-state index contributed by atoms with van der Waals surface area (Å²) in [6.07, 6.45) is 2.67. The maximum Gasteiger partial charge on any atom is 0.236 e. The molecule has 1 amide bonds. The summed E-state index contributed by atoms with van der Waals surface area (Å²) in [7, 11) is 0. The SMILES string of the molecule is CCc1ccc(-c2nc(SCC(=O)Nc3cc(C)ccn3)n[nH]2)cc1. The molecule has 6 nitrogen and oxygen atoms in total. The van der Waals surface area contributed by atoms with Crippen LogP contribution in [0.3, 0.4) is 0 Å². The maximum absolute atomic E-state index is 12.0. The van der Waals surface area contributed by atoms with Crippen LogP contribution in [0.4, 0.5) is 5.82 Å². The number of rotatable bonds is 6. The van der Waals surface area contributed by atoms with E-state index in [1.807, 2.05) is 31.2 Å². The van der Waals surface area contributed by atoms with Gasteiger partial charge in [-0.3, -0.25) is 9.89 Å². The summed E-state index contributed by atoms with van der Waals surface area (Å²) in [5, 5.41) is 10.4. The van der Waals surface area contributed by atoms with E-state index in [0.717, 1.165) is 17.5 Å². The molecule has 128 valence electrons. The second-order valence-corrected chi connectivity index (χ2v) is 6.51. The van der Waals surface area contributed by atoms with Crippen molar-refractivity contribution in [1.82, 2.24) is 20.2 Å². The van der Waals surface area contributed by atoms with Crippen LogP contribution in [-0.2, 0) is 11.2 Å². The van der Waals surface area contributed by atoms with Crippen LogP contribution >= 0.6 is 11.8 Å². The van der Waals surface area contributed by atoms with Crippen molar-refractivity contribution in [3.8, 4) is 11.4 Å². The molecule has 25 heavy (non-hydrogen) atoms. The molecule has 7 heteroatoms. The molecule has 0 aliphatic rings. The smallest absolute Gasteiger partial charge is 0.236 e. The molecular weight excluding hydrogens is 334 g/mol. The third-order valence-corrected chi connectivity index (χ3v) is 4.46. The highest BCUT2D eigenvalue weighted by Crippen LogP contribution is 2.20. The molecule has 1 aromatic carbocycles. The van der Waals surface area contributed by atoms with Crippen LogP contribution in [0, 0.1) is 6.92 Å². The van der Waals surface area contributed by atoms with Gasteiger partial charge >= 0.3 is 0 Å². The van der Waals surface area contributed by atoms with E-state index >= 15 is 0 Å². The molecule has 0 saturated carbocycles. The molecule has 0 bridgehead atoms. The Balaban J connectivity index is 1.56. The van der Waals surface area contributed by atoms with Crippen LogP contribution in [0.2, 0.25) is 0 Å². The van der Waals surface area contributed by atoms with Crippen molar-refractivity contribution in [2.24, 2.45) is 0 Å². The first-order chi connectivity index (χ1) is 12.1. The summed E-state index contributed by atoms with van der Waals surface area (Å²) in [5.41, 5.74) is 3.30. The quantitative estimate of drug-likeness (QED) is 0.663. The summed E-state index contributed by atoms with van der Waals surface area (Å²) in [6.45, 7) is 4.07. The van der Waals surface area contributed by atoms with Crippen LogP contribution in [0.1, 0.15) is 18.1 Å². The number of pyridine rings is 1. The number of nitrogens with zero attached hydrogens (tertiary/aromatic N) is 3. The number of benzene rings is 1. The number of aromatic nitrogens is 4. The van der Waals surface area contributed by atoms with Crippen molar-refractivity contribution in [2.45, 2.75) is 25.4 Å². The van der Waals surface area contributed by atoms with Gasteiger partial charge in [0.25, 0.3) is 0 Å². The molecule has 0 radical (unpaired) electrons. The van der Waals surface area contributed by atoms with Crippen LogP contribution in [0.15, 0.2) is 47.8 Å². The molecule has 2 aromatic heterocycles. The Labute approximate surface area is 150 Å².